The van der Waals surface area contributed by atoms with Gasteiger partial charge in [-0.25, -0.2) is 0 Å². The number of carbonyl (C=O) groups is 1. The van der Waals surface area contributed by atoms with E-state index < -0.39 is 0 Å². The van der Waals surface area contributed by atoms with Crippen molar-refractivity contribution < 1.29 is 29.8 Å². The van der Waals surface area contributed by atoms with Crippen LogP contribution in [0.1, 0.15) is 60.2 Å². The first kappa shape index (κ1) is 23.0. The number of unbranched alkanes of at least 4 members (excludes halogenated alkanes) is 2. The van der Waals surface area contributed by atoms with Crippen LogP contribution in [0, 0.1) is 27.7 Å². The number of benzene rings is 2. The Bertz CT molecular complexity index is 745. The van der Waals surface area contributed by atoms with Crippen LogP contribution in [0.4, 0.5) is 0 Å². The Morgan fingerprint density at radius 1 is 1.00 bits per heavy atom. The first-order valence-corrected chi connectivity index (χ1v) is 10.1. The van der Waals surface area contributed by atoms with Gasteiger partial charge < -0.3 is 6.16 Å². The van der Waals surface area contributed by atoms with Gasteiger partial charge in [0.2, 0.25) is 0 Å². The Morgan fingerprint density at radius 2 is 1.65 bits per heavy atom. The number of aryl methyl sites for hydroxylation is 2. The van der Waals surface area contributed by atoms with Crippen molar-refractivity contribution in [3.8, 4) is 5.75 Å². The first-order chi connectivity index (χ1) is 11.9. The number of ether oxygens (including phenoxy) is 1. The molecule has 1 atom stereocenters. The summed E-state index contributed by atoms with van der Waals surface area (Å²) in [6.07, 6.45) is 3.48. The van der Waals surface area contributed by atoms with Crippen LogP contribution in [0.25, 0.3) is 0 Å². The molecule has 136 valence electrons. The summed E-state index contributed by atoms with van der Waals surface area (Å²) < 4.78 is 5.74. The van der Waals surface area contributed by atoms with Gasteiger partial charge in [-0.3, -0.25) is 4.79 Å². The van der Waals surface area contributed by atoms with Crippen LogP contribution in [0.2, 0.25) is 0 Å². The SMILES string of the molecule is CCCCCOc1ccc(PC(=O)c2c(C)cc(C)c(C)c2C)cc1.[H-].[Li+]. The molecule has 1 unspecified atom stereocenters. The van der Waals surface area contributed by atoms with Gasteiger partial charge in [-0.05, 0) is 82.4 Å². The molecule has 26 heavy (non-hydrogen) atoms. The summed E-state index contributed by atoms with van der Waals surface area (Å²) in [7, 11) is 0.146. The van der Waals surface area contributed by atoms with E-state index in [9.17, 15) is 4.79 Å². The van der Waals surface area contributed by atoms with Crippen LogP contribution in [0.15, 0.2) is 30.3 Å². The van der Waals surface area contributed by atoms with Crippen LogP contribution in [0.5, 0.6) is 5.75 Å². The van der Waals surface area contributed by atoms with Crippen LogP contribution < -0.4 is 28.9 Å². The van der Waals surface area contributed by atoms with E-state index in [0.717, 1.165) is 40.8 Å². The second kappa shape index (κ2) is 10.9. The zero-order chi connectivity index (χ0) is 18.4. The Balaban J connectivity index is 0.00000338. The topological polar surface area (TPSA) is 26.3 Å². The summed E-state index contributed by atoms with van der Waals surface area (Å²) in [5.74, 6) is 0.885. The van der Waals surface area contributed by atoms with Crippen molar-refractivity contribution in [2.45, 2.75) is 53.9 Å². The molecule has 0 radical (unpaired) electrons. The van der Waals surface area contributed by atoms with Crippen molar-refractivity contribution in [3.63, 3.8) is 0 Å². The van der Waals surface area contributed by atoms with Crippen molar-refractivity contribution in [2.75, 3.05) is 6.61 Å². The van der Waals surface area contributed by atoms with Gasteiger partial charge in [-0.2, -0.15) is 0 Å². The predicted molar refractivity (Wildman–Crippen MR) is 110 cm³/mol. The molecule has 2 nitrogen and oxygen atoms in total. The third-order valence-electron chi connectivity index (χ3n) is 4.71. The second-order valence-electron chi connectivity index (χ2n) is 6.67. The molecule has 2 aromatic carbocycles. The minimum atomic E-state index is 0. The van der Waals surface area contributed by atoms with E-state index >= 15 is 0 Å². The van der Waals surface area contributed by atoms with Gasteiger partial charge in [0.05, 0.1) is 6.61 Å². The van der Waals surface area contributed by atoms with Crippen LogP contribution in [-0.2, 0) is 0 Å². The molecule has 0 fully saturated rings. The molecule has 0 bridgehead atoms. The van der Waals surface area contributed by atoms with Crippen molar-refractivity contribution in [1.29, 1.82) is 0 Å². The Morgan fingerprint density at radius 3 is 2.27 bits per heavy atom. The number of rotatable bonds is 8. The molecular formula is C22H30LiO2P. The summed E-state index contributed by atoms with van der Waals surface area (Å²) in [5.41, 5.74) is 5.77. The van der Waals surface area contributed by atoms with Crippen molar-refractivity contribution in [1.82, 2.24) is 0 Å². The fraction of sp³-hybridized carbons (Fsp3) is 0.409. The minimum Gasteiger partial charge on any atom is -1.00 e. The molecule has 0 N–H and O–H groups in total. The quantitative estimate of drug-likeness (QED) is 0.409. The van der Waals surface area contributed by atoms with Gasteiger partial charge in [0.1, 0.15) is 5.75 Å². The molecule has 4 heteroatoms. The molecule has 0 aliphatic rings. The molecule has 2 rings (SSSR count). The van der Waals surface area contributed by atoms with Gasteiger partial charge in [0.25, 0.3) is 0 Å². The van der Waals surface area contributed by atoms with Gasteiger partial charge >= 0.3 is 18.9 Å². The first-order valence-electron chi connectivity index (χ1n) is 9.05. The van der Waals surface area contributed by atoms with Gasteiger partial charge in [0, 0.05) is 5.56 Å². The van der Waals surface area contributed by atoms with E-state index in [1.165, 1.54) is 24.0 Å². The van der Waals surface area contributed by atoms with Crippen LogP contribution in [-0.4, -0.2) is 12.1 Å². The third kappa shape index (κ3) is 5.99. The van der Waals surface area contributed by atoms with Crippen molar-refractivity contribution in [2.24, 2.45) is 0 Å². The van der Waals surface area contributed by atoms with Gasteiger partial charge in [-0.15, -0.1) is 0 Å². The zero-order valence-electron chi connectivity index (χ0n) is 18.0. The van der Waals surface area contributed by atoms with E-state index in [4.69, 9.17) is 4.74 Å². The molecule has 0 saturated heterocycles. The van der Waals surface area contributed by atoms with E-state index in [0.29, 0.717) is 0 Å². The fourth-order valence-corrected chi connectivity index (χ4v) is 4.11. The number of hydrogen-bond acceptors (Lipinski definition) is 2. The maximum atomic E-state index is 12.8. The zero-order valence-corrected chi connectivity index (χ0v) is 18.0. The molecule has 0 amide bonds. The summed E-state index contributed by atoms with van der Waals surface area (Å²) in [4.78, 5) is 12.8. The minimum absolute atomic E-state index is 0. The largest absolute Gasteiger partial charge is 1.00 e. The monoisotopic (exact) mass is 364 g/mol. The maximum Gasteiger partial charge on any atom is 1.00 e. The molecule has 0 saturated carbocycles. The molecule has 0 aromatic heterocycles. The summed E-state index contributed by atoms with van der Waals surface area (Å²) in [6, 6.07) is 10.1. The number of carbonyl (C=O) groups excluding carboxylic acids is 1. The predicted octanol–water partition coefficient (Wildman–Crippen LogP) is 2.75. The van der Waals surface area contributed by atoms with E-state index in [2.05, 4.69) is 33.8 Å². The average molecular weight is 364 g/mol. The Labute approximate surface area is 173 Å². The van der Waals surface area contributed by atoms with Gasteiger partial charge in [0.15, 0.2) is 5.52 Å². The molecule has 2 aromatic rings. The second-order valence-corrected chi connectivity index (χ2v) is 7.95. The van der Waals surface area contributed by atoms with Crippen molar-refractivity contribution >= 4 is 19.4 Å². The maximum absolute atomic E-state index is 12.8. The van der Waals surface area contributed by atoms with E-state index in [1.807, 2.05) is 31.2 Å². The fourth-order valence-electron chi connectivity index (χ4n) is 3.00. The summed E-state index contributed by atoms with van der Waals surface area (Å²) in [6.45, 7) is 11.2. The average Bonchev–Trinajstić information content (AvgIpc) is 2.58. The smallest absolute Gasteiger partial charge is 1.00 e. The Kier molecular flexibility index (Phi) is 9.66. The normalized spacial score (nSPS) is 10.8. The molecule has 0 spiro atoms. The third-order valence-corrected chi connectivity index (χ3v) is 5.81. The van der Waals surface area contributed by atoms with E-state index in [-0.39, 0.29) is 34.4 Å². The number of hydrogen-bond donors (Lipinski definition) is 0. The van der Waals surface area contributed by atoms with Crippen LogP contribution >= 0.6 is 8.58 Å². The standard InChI is InChI=1S/C22H29O2P.Li.H/c1-6-7-8-13-24-19-9-11-20(12-10-19)25-22(23)21-16(3)14-15(2)17(4)18(21)5;;/h9-12,14,25H,6-8,13H2,1-5H3;;/q;+1;-1. The van der Waals surface area contributed by atoms with Crippen molar-refractivity contribution in [3.05, 3.63) is 58.1 Å². The van der Waals surface area contributed by atoms with E-state index in [1.54, 1.807) is 0 Å². The van der Waals surface area contributed by atoms with Gasteiger partial charge in [-0.1, -0.05) is 38.0 Å². The summed E-state index contributed by atoms with van der Waals surface area (Å²) in [5, 5.41) is 1.06. The molecular weight excluding hydrogens is 334 g/mol. The Hall–Kier alpha value is -1.06. The summed E-state index contributed by atoms with van der Waals surface area (Å²) >= 11 is 0. The molecule has 0 aliphatic carbocycles. The molecule has 0 heterocycles. The molecule has 0 aliphatic heterocycles. The van der Waals surface area contributed by atoms with Crippen LogP contribution in [0.3, 0.4) is 0 Å².